The second-order valence-electron chi connectivity index (χ2n) is 5.87. The van der Waals surface area contributed by atoms with Crippen molar-refractivity contribution in [2.24, 2.45) is 23.7 Å². The first kappa shape index (κ1) is 13.9. The third-order valence-corrected chi connectivity index (χ3v) is 4.47. The van der Waals surface area contributed by atoms with Crippen LogP contribution in [0.15, 0.2) is 42.5 Å². The maximum atomic E-state index is 12.6. The summed E-state index contributed by atoms with van der Waals surface area (Å²) in [5, 5.41) is 2.91. The first-order chi connectivity index (χ1) is 10.1. The molecule has 4 heteroatoms. The summed E-state index contributed by atoms with van der Waals surface area (Å²) in [5.74, 6) is -1.09. The molecule has 110 valence electrons. The van der Waals surface area contributed by atoms with Crippen LogP contribution in [-0.4, -0.2) is 18.0 Å². The van der Waals surface area contributed by atoms with Gasteiger partial charge in [-0.05, 0) is 25.0 Å². The Balaban J connectivity index is 1.84. The molecule has 1 saturated heterocycles. The molecule has 1 fully saturated rings. The lowest BCUT2D eigenvalue weighted by Gasteiger charge is -2.31. The predicted molar refractivity (Wildman–Crippen MR) is 79.4 cm³/mol. The fourth-order valence-corrected chi connectivity index (χ4v) is 3.35. The number of nitrogens with one attached hydrogen (secondary N) is 1. The van der Waals surface area contributed by atoms with Crippen LogP contribution in [0.5, 0.6) is 0 Å². The summed E-state index contributed by atoms with van der Waals surface area (Å²) in [4.78, 5) is 24.7. The fourth-order valence-electron chi connectivity index (χ4n) is 3.35. The molecule has 0 aromatic heterocycles. The van der Waals surface area contributed by atoms with E-state index in [2.05, 4.69) is 5.32 Å². The van der Waals surface area contributed by atoms with Gasteiger partial charge in [-0.25, -0.2) is 0 Å². The monoisotopic (exact) mass is 285 g/mol. The number of amides is 1. The Labute approximate surface area is 124 Å². The quantitative estimate of drug-likeness (QED) is 0.671. The topological polar surface area (TPSA) is 55.4 Å². The lowest BCUT2D eigenvalue weighted by atomic mass is 9.70. The van der Waals surface area contributed by atoms with Gasteiger partial charge in [0.15, 0.2) is 0 Å². The highest BCUT2D eigenvalue weighted by molar-refractivity contribution is 5.96. The van der Waals surface area contributed by atoms with Crippen LogP contribution in [0.3, 0.4) is 0 Å². The molecular formula is C17H19NO3. The van der Waals surface area contributed by atoms with E-state index in [0.717, 1.165) is 5.69 Å². The molecule has 0 radical (unpaired) electrons. The molecule has 21 heavy (non-hydrogen) atoms. The number of esters is 1. The maximum absolute atomic E-state index is 12.6. The highest BCUT2D eigenvalue weighted by atomic mass is 16.6. The van der Waals surface area contributed by atoms with Crippen molar-refractivity contribution in [3.63, 3.8) is 0 Å². The summed E-state index contributed by atoms with van der Waals surface area (Å²) in [6.45, 7) is 3.85. The van der Waals surface area contributed by atoms with Crippen LogP contribution in [-0.2, 0) is 14.3 Å². The standard InChI is InChI=1S/C17H19NO3/c1-10-8-9-13-11(2)21-17(20)15(13)14(10)16(19)18-12-6-4-3-5-7-12/h3-11,13-15H,1-2H3,(H,18,19)/t10-,11-,13-,14-,15+/m1/s1. The van der Waals surface area contributed by atoms with Gasteiger partial charge in [0.1, 0.15) is 6.10 Å². The lowest BCUT2D eigenvalue weighted by Crippen LogP contribution is -2.40. The Kier molecular flexibility index (Phi) is 3.53. The van der Waals surface area contributed by atoms with Gasteiger partial charge in [-0.15, -0.1) is 0 Å². The summed E-state index contributed by atoms with van der Waals surface area (Å²) in [6, 6.07) is 9.32. The molecule has 1 aliphatic carbocycles. The Bertz CT molecular complexity index is 581. The number of fused-ring (bicyclic) bond motifs is 1. The zero-order chi connectivity index (χ0) is 15.0. The predicted octanol–water partition coefficient (Wildman–Crippen LogP) is 2.62. The summed E-state index contributed by atoms with van der Waals surface area (Å²) < 4.78 is 5.32. The number of para-hydroxylation sites is 1. The largest absolute Gasteiger partial charge is 0.462 e. The van der Waals surface area contributed by atoms with Gasteiger partial charge in [0.2, 0.25) is 5.91 Å². The van der Waals surface area contributed by atoms with E-state index in [1.54, 1.807) is 0 Å². The zero-order valence-electron chi connectivity index (χ0n) is 12.2. The van der Waals surface area contributed by atoms with Gasteiger partial charge in [-0.3, -0.25) is 9.59 Å². The Morgan fingerprint density at radius 3 is 2.57 bits per heavy atom. The number of allylic oxidation sites excluding steroid dienone is 1. The first-order valence-corrected chi connectivity index (χ1v) is 7.32. The molecule has 1 N–H and O–H groups in total. The van der Waals surface area contributed by atoms with Gasteiger partial charge in [0.05, 0.1) is 11.8 Å². The fraction of sp³-hybridized carbons (Fsp3) is 0.412. The van der Waals surface area contributed by atoms with Crippen LogP contribution in [0.2, 0.25) is 0 Å². The van der Waals surface area contributed by atoms with Gasteiger partial charge in [-0.1, -0.05) is 37.3 Å². The molecule has 0 saturated carbocycles. The van der Waals surface area contributed by atoms with Crippen molar-refractivity contribution in [3.8, 4) is 0 Å². The smallest absolute Gasteiger partial charge is 0.310 e. The van der Waals surface area contributed by atoms with Gasteiger partial charge < -0.3 is 10.1 Å². The van der Waals surface area contributed by atoms with Crippen LogP contribution in [0.1, 0.15) is 13.8 Å². The number of carbonyl (C=O) groups is 2. The van der Waals surface area contributed by atoms with E-state index in [1.165, 1.54) is 0 Å². The molecule has 3 rings (SSSR count). The summed E-state index contributed by atoms with van der Waals surface area (Å²) in [7, 11) is 0. The molecule has 0 unspecified atom stereocenters. The molecule has 5 atom stereocenters. The van der Waals surface area contributed by atoms with E-state index in [4.69, 9.17) is 4.74 Å². The molecular weight excluding hydrogens is 266 g/mol. The minimum Gasteiger partial charge on any atom is -0.462 e. The van der Waals surface area contributed by atoms with E-state index < -0.39 is 0 Å². The van der Waals surface area contributed by atoms with E-state index in [1.807, 2.05) is 56.3 Å². The number of anilines is 1. The Hall–Kier alpha value is -2.10. The van der Waals surface area contributed by atoms with Gasteiger partial charge in [0.25, 0.3) is 0 Å². The third-order valence-electron chi connectivity index (χ3n) is 4.47. The second-order valence-corrected chi connectivity index (χ2v) is 5.87. The molecule has 1 aromatic rings. The van der Waals surface area contributed by atoms with Crippen molar-refractivity contribution >= 4 is 17.6 Å². The number of hydrogen-bond donors (Lipinski definition) is 1. The molecule has 1 aromatic carbocycles. The van der Waals surface area contributed by atoms with Crippen LogP contribution >= 0.6 is 0 Å². The van der Waals surface area contributed by atoms with Gasteiger partial charge >= 0.3 is 5.97 Å². The number of carbonyl (C=O) groups excluding carboxylic acids is 2. The van der Waals surface area contributed by atoms with Crippen LogP contribution in [0.4, 0.5) is 5.69 Å². The van der Waals surface area contributed by atoms with Crippen molar-refractivity contribution in [2.75, 3.05) is 5.32 Å². The highest BCUT2D eigenvalue weighted by Crippen LogP contribution is 2.42. The van der Waals surface area contributed by atoms with E-state index in [0.29, 0.717) is 0 Å². The van der Waals surface area contributed by atoms with Crippen molar-refractivity contribution in [2.45, 2.75) is 20.0 Å². The minimum absolute atomic E-state index is 0.000207. The number of ether oxygens (including phenoxy) is 1. The zero-order valence-corrected chi connectivity index (χ0v) is 12.2. The number of cyclic esters (lactones) is 1. The lowest BCUT2D eigenvalue weighted by molar-refractivity contribution is -0.147. The van der Waals surface area contributed by atoms with Crippen molar-refractivity contribution < 1.29 is 14.3 Å². The number of rotatable bonds is 2. The molecule has 2 aliphatic rings. The molecule has 0 spiro atoms. The van der Waals surface area contributed by atoms with Gasteiger partial charge in [0, 0.05) is 11.6 Å². The average Bonchev–Trinajstić information content (AvgIpc) is 2.74. The Morgan fingerprint density at radius 1 is 1.14 bits per heavy atom. The van der Waals surface area contributed by atoms with Crippen LogP contribution in [0.25, 0.3) is 0 Å². The average molecular weight is 285 g/mol. The maximum Gasteiger partial charge on any atom is 0.310 e. The summed E-state index contributed by atoms with van der Waals surface area (Å²) in [5.41, 5.74) is 0.750. The Morgan fingerprint density at radius 2 is 1.86 bits per heavy atom. The first-order valence-electron chi connectivity index (χ1n) is 7.32. The molecule has 1 aliphatic heterocycles. The molecule has 1 heterocycles. The van der Waals surface area contributed by atoms with E-state index >= 15 is 0 Å². The number of benzene rings is 1. The normalized spacial score (nSPS) is 34.2. The van der Waals surface area contributed by atoms with Crippen LogP contribution < -0.4 is 5.32 Å². The molecule has 1 amide bonds. The van der Waals surface area contributed by atoms with Gasteiger partial charge in [-0.2, -0.15) is 0 Å². The SMILES string of the molecule is C[C@@H]1C=C[C@H]2[C@H](C(=O)O[C@@H]2C)[C@@H]1C(=O)Nc1ccccc1. The number of hydrogen-bond acceptors (Lipinski definition) is 3. The highest BCUT2D eigenvalue weighted by Gasteiger charge is 2.51. The van der Waals surface area contributed by atoms with Crippen molar-refractivity contribution in [1.29, 1.82) is 0 Å². The third kappa shape index (κ3) is 2.46. The molecule has 0 bridgehead atoms. The van der Waals surface area contributed by atoms with Crippen molar-refractivity contribution in [3.05, 3.63) is 42.5 Å². The summed E-state index contributed by atoms with van der Waals surface area (Å²) in [6.07, 6.45) is 3.89. The van der Waals surface area contributed by atoms with Crippen LogP contribution in [0, 0.1) is 23.7 Å². The summed E-state index contributed by atoms with van der Waals surface area (Å²) >= 11 is 0. The molecule has 4 nitrogen and oxygen atoms in total. The van der Waals surface area contributed by atoms with E-state index in [-0.39, 0.29) is 41.7 Å². The minimum atomic E-state index is -0.377. The van der Waals surface area contributed by atoms with Crippen molar-refractivity contribution in [1.82, 2.24) is 0 Å². The second kappa shape index (κ2) is 5.35. The van der Waals surface area contributed by atoms with E-state index in [9.17, 15) is 9.59 Å².